The van der Waals surface area contributed by atoms with Gasteiger partial charge in [0, 0.05) is 11.6 Å². The number of aliphatic hydroxyl groups is 1. The van der Waals surface area contributed by atoms with Crippen LogP contribution in [0.25, 0.3) is 0 Å². The van der Waals surface area contributed by atoms with E-state index in [1.165, 1.54) is 0 Å². The molecule has 0 fully saturated rings. The number of aliphatic hydroxyl groups excluding tert-OH is 1. The molecule has 0 spiro atoms. The minimum absolute atomic E-state index is 0.0777. The van der Waals surface area contributed by atoms with Crippen molar-refractivity contribution in [1.29, 1.82) is 0 Å². The molecule has 94 valence electrons. The van der Waals surface area contributed by atoms with Crippen molar-refractivity contribution in [3.05, 3.63) is 34.9 Å². The highest BCUT2D eigenvalue weighted by atomic mass is 35.5. The number of rotatable bonds is 5. The summed E-state index contributed by atoms with van der Waals surface area (Å²) in [5, 5.41) is 13.2. The minimum Gasteiger partial charge on any atom is -0.388 e. The highest BCUT2D eigenvalue weighted by Gasteiger charge is 2.12. The first kappa shape index (κ1) is 14.0. The van der Waals surface area contributed by atoms with Gasteiger partial charge in [0.1, 0.15) is 0 Å². The van der Waals surface area contributed by atoms with Crippen molar-refractivity contribution >= 4 is 17.5 Å². The first-order chi connectivity index (χ1) is 7.99. The SMILES string of the molecule is CC(C)CNC(=O)CC(O)c1ccc(Cl)cc1. The number of hydrogen-bond donors (Lipinski definition) is 2. The maximum Gasteiger partial charge on any atom is 0.222 e. The third-order valence-electron chi connectivity index (χ3n) is 2.34. The Morgan fingerprint density at radius 1 is 1.35 bits per heavy atom. The van der Waals surface area contributed by atoms with Crippen molar-refractivity contribution in [1.82, 2.24) is 5.32 Å². The molecule has 0 aliphatic carbocycles. The molecular weight excluding hydrogens is 238 g/mol. The van der Waals surface area contributed by atoms with Crippen molar-refractivity contribution in [2.24, 2.45) is 5.92 Å². The lowest BCUT2D eigenvalue weighted by Gasteiger charge is -2.12. The average Bonchev–Trinajstić information content (AvgIpc) is 2.27. The number of nitrogens with one attached hydrogen (secondary N) is 1. The molecule has 1 amide bonds. The van der Waals surface area contributed by atoms with Crippen molar-refractivity contribution in [3.8, 4) is 0 Å². The quantitative estimate of drug-likeness (QED) is 0.850. The van der Waals surface area contributed by atoms with Crippen LogP contribution in [0.2, 0.25) is 5.02 Å². The van der Waals surface area contributed by atoms with Gasteiger partial charge in [-0.25, -0.2) is 0 Å². The van der Waals surface area contributed by atoms with Crippen LogP contribution in [0.3, 0.4) is 0 Å². The van der Waals surface area contributed by atoms with Crippen molar-refractivity contribution in [2.75, 3.05) is 6.54 Å². The molecule has 1 unspecified atom stereocenters. The molecule has 0 bridgehead atoms. The normalized spacial score (nSPS) is 12.5. The number of halogens is 1. The van der Waals surface area contributed by atoms with E-state index in [1.54, 1.807) is 24.3 Å². The highest BCUT2D eigenvalue weighted by Crippen LogP contribution is 2.18. The molecule has 0 aliphatic rings. The Morgan fingerprint density at radius 2 is 1.94 bits per heavy atom. The van der Waals surface area contributed by atoms with Crippen LogP contribution in [0.1, 0.15) is 31.9 Å². The standard InChI is InChI=1S/C13H18ClNO2/c1-9(2)8-15-13(17)7-12(16)10-3-5-11(14)6-4-10/h3-6,9,12,16H,7-8H2,1-2H3,(H,15,17). The van der Waals surface area contributed by atoms with Crippen LogP contribution in [-0.2, 0) is 4.79 Å². The van der Waals surface area contributed by atoms with Gasteiger partial charge in [-0.3, -0.25) is 4.79 Å². The molecule has 3 nitrogen and oxygen atoms in total. The summed E-state index contributed by atoms with van der Waals surface area (Å²) in [7, 11) is 0. The highest BCUT2D eigenvalue weighted by molar-refractivity contribution is 6.30. The second kappa shape index (κ2) is 6.62. The van der Waals surface area contributed by atoms with Crippen molar-refractivity contribution in [3.63, 3.8) is 0 Å². The van der Waals surface area contributed by atoms with Crippen LogP contribution < -0.4 is 5.32 Å². The summed E-state index contributed by atoms with van der Waals surface area (Å²) in [6.07, 6.45) is -0.701. The van der Waals surface area contributed by atoms with Gasteiger partial charge in [0.2, 0.25) is 5.91 Å². The van der Waals surface area contributed by atoms with Crippen molar-refractivity contribution < 1.29 is 9.90 Å². The zero-order chi connectivity index (χ0) is 12.8. The molecule has 0 aromatic heterocycles. The Morgan fingerprint density at radius 3 is 2.47 bits per heavy atom. The maximum absolute atomic E-state index is 11.5. The van der Waals surface area contributed by atoms with E-state index in [-0.39, 0.29) is 12.3 Å². The van der Waals surface area contributed by atoms with Crippen LogP contribution >= 0.6 is 11.6 Å². The first-order valence-corrected chi connectivity index (χ1v) is 6.07. The molecule has 0 saturated heterocycles. The van der Waals surface area contributed by atoms with Gasteiger partial charge < -0.3 is 10.4 Å². The van der Waals surface area contributed by atoms with Gasteiger partial charge >= 0.3 is 0 Å². The van der Waals surface area contributed by atoms with Gasteiger partial charge in [0.25, 0.3) is 0 Å². The zero-order valence-electron chi connectivity index (χ0n) is 10.1. The van der Waals surface area contributed by atoms with Crippen LogP contribution in [-0.4, -0.2) is 17.6 Å². The van der Waals surface area contributed by atoms with Crippen LogP contribution in [0.5, 0.6) is 0 Å². The molecule has 1 aromatic rings. The summed E-state index contributed by atoms with van der Waals surface area (Å²) < 4.78 is 0. The number of hydrogen-bond acceptors (Lipinski definition) is 2. The topological polar surface area (TPSA) is 49.3 Å². The molecule has 2 N–H and O–H groups in total. The molecule has 0 radical (unpaired) electrons. The fourth-order valence-electron chi connectivity index (χ4n) is 1.37. The Balaban J connectivity index is 2.46. The lowest BCUT2D eigenvalue weighted by atomic mass is 10.1. The molecule has 0 heterocycles. The number of carbonyl (C=O) groups excluding carboxylic acids is 1. The number of amides is 1. The van der Waals surface area contributed by atoms with Gasteiger partial charge in [-0.05, 0) is 23.6 Å². The van der Waals surface area contributed by atoms with E-state index in [1.807, 2.05) is 13.8 Å². The van der Waals surface area contributed by atoms with Crippen LogP contribution in [0, 0.1) is 5.92 Å². The van der Waals surface area contributed by atoms with E-state index in [9.17, 15) is 9.90 Å². The summed E-state index contributed by atoms with van der Waals surface area (Å²) in [5.41, 5.74) is 0.703. The molecule has 1 aromatic carbocycles. The van der Waals surface area contributed by atoms with Gasteiger partial charge in [-0.1, -0.05) is 37.6 Å². The van der Waals surface area contributed by atoms with Gasteiger partial charge in [0.15, 0.2) is 0 Å². The van der Waals surface area contributed by atoms with E-state index in [0.717, 1.165) is 0 Å². The van der Waals surface area contributed by atoms with E-state index in [2.05, 4.69) is 5.32 Å². The predicted octanol–water partition coefficient (Wildman–Crippen LogP) is 2.54. The van der Waals surface area contributed by atoms with Crippen LogP contribution in [0.15, 0.2) is 24.3 Å². The molecule has 0 saturated carbocycles. The van der Waals surface area contributed by atoms with Gasteiger partial charge in [0.05, 0.1) is 12.5 Å². The largest absolute Gasteiger partial charge is 0.388 e. The van der Waals surface area contributed by atoms with Gasteiger partial charge in [-0.15, -0.1) is 0 Å². The van der Waals surface area contributed by atoms with Crippen LogP contribution in [0.4, 0.5) is 0 Å². The first-order valence-electron chi connectivity index (χ1n) is 5.69. The monoisotopic (exact) mass is 255 g/mol. The maximum atomic E-state index is 11.5. The zero-order valence-corrected chi connectivity index (χ0v) is 10.9. The molecule has 0 aliphatic heterocycles. The minimum atomic E-state index is -0.778. The fraction of sp³-hybridized carbons (Fsp3) is 0.462. The summed E-state index contributed by atoms with van der Waals surface area (Å²) in [4.78, 5) is 11.5. The van der Waals surface area contributed by atoms with E-state index in [4.69, 9.17) is 11.6 Å². The summed E-state index contributed by atoms with van der Waals surface area (Å²) >= 11 is 5.75. The Bertz CT molecular complexity index is 362. The Kier molecular flexibility index (Phi) is 5.45. The van der Waals surface area contributed by atoms with Crippen molar-refractivity contribution in [2.45, 2.75) is 26.4 Å². The summed E-state index contributed by atoms with van der Waals surface area (Å²) in [5.74, 6) is 0.271. The second-order valence-electron chi connectivity index (χ2n) is 4.47. The Hall–Kier alpha value is -1.06. The Labute approximate surface area is 107 Å². The molecule has 1 atom stereocenters. The molecule has 17 heavy (non-hydrogen) atoms. The lowest BCUT2D eigenvalue weighted by Crippen LogP contribution is -2.28. The lowest BCUT2D eigenvalue weighted by molar-refractivity contribution is -0.123. The smallest absolute Gasteiger partial charge is 0.222 e. The summed E-state index contributed by atoms with van der Waals surface area (Å²) in [6, 6.07) is 6.85. The molecule has 1 rings (SSSR count). The third kappa shape index (κ3) is 5.20. The molecule has 4 heteroatoms. The van der Waals surface area contributed by atoms with E-state index >= 15 is 0 Å². The number of carbonyl (C=O) groups is 1. The predicted molar refractivity (Wildman–Crippen MR) is 68.9 cm³/mol. The van der Waals surface area contributed by atoms with E-state index in [0.29, 0.717) is 23.0 Å². The average molecular weight is 256 g/mol. The summed E-state index contributed by atoms with van der Waals surface area (Å²) in [6.45, 7) is 4.68. The third-order valence-corrected chi connectivity index (χ3v) is 2.59. The second-order valence-corrected chi connectivity index (χ2v) is 4.91. The van der Waals surface area contributed by atoms with E-state index < -0.39 is 6.10 Å². The number of benzene rings is 1. The molecular formula is C13H18ClNO2. The fourth-order valence-corrected chi connectivity index (χ4v) is 1.49. The van der Waals surface area contributed by atoms with Gasteiger partial charge in [-0.2, -0.15) is 0 Å².